The molecule has 0 saturated carbocycles. The molecule has 6 heteroatoms. The Morgan fingerprint density at radius 2 is 2.17 bits per heavy atom. The summed E-state index contributed by atoms with van der Waals surface area (Å²) in [6, 6.07) is 6.48. The molecule has 0 bridgehead atoms. The molecule has 0 aliphatic carbocycles. The molecule has 5 nitrogen and oxygen atoms in total. The number of aromatic nitrogens is 2. The van der Waals surface area contributed by atoms with Crippen LogP contribution in [0, 0.1) is 6.92 Å². The summed E-state index contributed by atoms with van der Waals surface area (Å²) in [4.78, 5) is 19.8. The van der Waals surface area contributed by atoms with Crippen LogP contribution in [0.1, 0.15) is 15.9 Å². The van der Waals surface area contributed by atoms with Crippen LogP contribution in [0.2, 0.25) is 5.15 Å². The lowest BCUT2D eigenvalue weighted by Crippen LogP contribution is -2.13. The van der Waals surface area contributed by atoms with Crippen molar-refractivity contribution in [3.8, 4) is 0 Å². The minimum Gasteiger partial charge on any atom is -0.384 e. The first-order chi connectivity index (χ1) is 8.54. The Hall–Kier alpha value is -2.14. The summed E-state index contributed by atoms with van der Waals surface area (Å²) in [5.41, 5.74) is 6.88. The van der Waals surface area contributed by atoms with Gasteiger partial charge in [0.15, 0.2) is 0 Å². The van der Waals surface area contributed by atoms with Gasteiger partial charge in [0.25, 0.3) is 5.91 Å². The third-order valence-electron chi connectivity index (χ3n) is 2.23. The number of nitrogens with one attached hydrogen (secondary N) is 1. The summed E-state index contributed by atoms with van der Waals surface area (Å²) in [6.45, 7) is 1.92. The van der Waals surface area contributed by atoms with Crippen molar-refractivity contribution in [3.63, 3.8) is 0 Å². The zero-order valence-electron chi connectivity index (χ0n) is 9.64. The van der Waals surface area contributed by atoms with Gasteiger partial charge in [0.2, 0.25) is 0 Å². The first-order valence-electron chi connectivity index (χ1n) is 5.21. The molecule has 0 saturated heterocycles. The largest absolute Gasteiger partial charge is 0.384 e. The van der Waals surface area contributed by atoms with E-state index in [0.29, 0.717) is 11.4 Å². The zero-order chi connectivity index (χ0) is 13.1. The summed E-state index contributed by atoms with van der Waals surface area (Å²) >= 11 is 5.73. The maximum Gasteiger partial charge on any atom is 0.257 e. The molecule has 0 aromatic carbocycles. The Labute approximate surface area is 109 Å². The van der Waals surface area contributed by atoms with E-state index in [1.807, 2.05) is 13.0 Å². The summed E-state index contributed by atoms with van der Waals surface area (Å²) < 4.78 is 0. The number of hydrogen-bond acceptors (Lipinski definition) is 4. The molecule has 2 aromatic heterocycles. The van der Waals surface area contributed by atoms with E-state index in [1.165, 1.54) is 12.1 Å². The van der Waals surface area contributed by atoms with Crippen LogP contribution in [0.5, 0.6) is 0 Å². The van der Waals surface area contributed by atoms with Gasteiger partial charge in [0.05, 0.1) is 0 Å². The number of pyridine rings is 2. The van der Waals surface area contributed by atoms with Gasteiger partial charge in [-0.15, -0.1) is 0 Å². The summed E-state index contributed by atoms with van der Waals surface area (Å²) in [6.07, 6.45) is 1.67. The second-order valence-corrected chi connectivity index (χ2v) is 4.17. The monoisotopic (exact) mass is 262 g/mol. The molecule has 0 radical (unpaired) electrons. The molecule has 2 rings (SSSR count). The van der Waals surface area contributed by atoms with Crippen LogP contribution in [-0.2, 0) is 0 Å². The average Bonchev–Trinajstić information content (AvgIpc) is 2.31. The number of nitrogen functional groups attached to an aromatic ring is 1. The van der Waals surface area contributed by atoms with E-state index in [9.17, 15) is 4.79 Å². The minimum absolute atomic E-state index is 0.178. The highest BCUT2D eigenvalue weighted by Gasteiger charge is 2.09. The van der Waals surface area contributed by atoms with Gasteiger partial charge in [-0.25, -0.2) is 9.97 Å². The van der Waals surface area contributed by atoms with Crippen LogP contribution in [0.25, 0.3) is 0 Å². The number of amides is 1. The molecule has 92 valence electrons. The van der Waals surface area contributed by atoms with Gasteiger partial charge in [0.1, 0.15) is 16.8 Å². The van der Waals surface area contributed by atoms with Crippen molar-refractivity contribution in [2.45, 2.75) is 6.92 Å². The molecule has 3 N–H and O–H groups in total. The second-order valence-electron chi connectivity index (χ2n) is 3.78. The van der Waals surface area contributed by atoms with Gasteiger partial charge in [0, 0.05) is 11.8 Å². The van der Waals surface area contributed by atoms with Crippen LogP contribution in [-0.4, -0.2) is 15.9 Å². The Balaban J connectivity index is 2.19. The fourth-order valence-corrected chi connectivity index (χ4v) is 1.59. The summed E-state index contributed by atoms with van der Waals surface area (Å²) in [5, 5.41) is 2.83. The molecule has 1 amide bonds. The van der Waals surface area contributed by atoms with Gasteiger partial charge in [-0.2, -0.15) is 0 Å². The predicted molar refractivity (Wildman–Crippen MR) is 70.6 cm³/mol. The van der Waals surface area contributed by atoms with Crippen LogP contribution in [0.4, 0.5) is 11.6 Å². The van der Waals surface area contributed by atoms with Crippen molar-refractivity contribution in [1.29, 1.82) is 0 Å². The molecule has 2 aromatic rings. The van der Waals surface area contributed by atoms with Crippen LogP contribution < -0.4 is 11.1 Å². The van der Waals surface area contributed by atoms with E-state index in [-0.39, 0.29) is 16.9 Å². The molecule has 2 heterocycles. The van der Waals surface area contributed by atoms with Crippen LogP contribution in [0.15, 0.2) is 30.5 Å². The number of carbonyl (C=O) groups excluding carboxylic acids is 1. The molecule has 0 aliphatic heterocycles. The number of nitrogens with two attached hydrogens (primary N) is 1. The van der Waals surface area contributed by atoms with Crippen molar-refractivity contribution >= 4 is 29.1 Å². The number of aryl methyl sites for hydroxylation is 1. The molecular formula is C12H11ClN4O. The molecule has 0 spiro atoms. The lowest BCUT2D eigenvalue weighted by atomic mass is 10.2. The third kappa shape index (κ3) is 2.95. The standard InChI is InChI=1S/C12H11ClN4O/c1-7-2-3-11(15-6-7)17-12(18)8-4-9(13)16-10(14)5-8/h2-6H,1H3,(H2,14,16)(H,15,17,18). The highest BCUT2D eigenvalue weighted by molar-refractivity contribution is 6.30. The van der Waals surface area contributed by atoms with Gasteiger partial charge in [-0.3, -0.25) is 4.79 Å². The van der Waals surface area contributed by atoms with Crippen molar-refractivity contribution in [2.75, 3.05) is 11.1 Å². The van der Waals surface area contributed by atoms with E-state index < -0.39 is 0 Å². The molecular weight excluding hydrogens is 252 g/mol. The Bertz CT molecular complexity index is 563. The summed E-state index contributed by atoms with van der Waals surface area (Å²) in [7, 11) is 0. The van der Waals surface area contributed by atoms with E-state index >= 15 is 0 Å². The SMILES string of the molecule is Cc1ccc(NC(=O)c2cc(N)nc(Cl)c2)nc1. The lowest BCUT2D eigenvalue weighted by Gasteiger charge is -2.05. The highest BCUT2D eigenvalue weighted by Crippen LogP contribution is 2.14. The molecule has 0 unspecified atom stereocenters. The summed E-state index contributed by atoms with van der Waals surface area (Å²) in [5.74, 6) is 0.337. The van der Waals surface area contributed by atoms with Gasteiger partial charge >= 0.3 is 0 Å². The Morgan fingerprint density at radius 3 is 2.78 bits per heavy atom. The van der Waals surface area contributed by atoms with Crippen LogP contribution in [0.3, 0.4) is 0 Å². The molecule has 0 atom stereocenters. The number of hydrogen-bond donors (Lipinski definition) is 2. The first kappa shape index (κ1) is 12.3. The van der Waals surface area contributed by atoms with Crippen molar-refractivity contribution in [1.82, 2.24) is 9.97 Å². The van der Waals surface area contributed by atoms with Crippen molar-refractivity contribution < 1.29 is 4.79 Å². The fourth-order valence-electron chi connectivity index (χ4n) is 1.38. The minimum atomic E-state index is -0.331. The fraction of sp³-hybridized carbons (Fsp3) is 0.0833. The van der Waals surface area contributed by atoms with Gasteiger partial charge < -0.3 is 11.1 Å². The molecule has 0 fully saturated rings. The highest BCUT2D eigenvalue weighted by atomic mass is 35.5. The topological polar surface area (TPSA) is 80.9 Å². The Kier molecular flexibility index (Phi) is 3.43. The number of rotatable bonds is 2. The van der Waals surface area contributed by atoms with E-state index in [4.69, 9.17) is 17.3 Å². The van der Waals surface area contributed by atoms with Gasteiger partial charge in [-0.05, 0) is 30.7 Å². The normalized spacial score (nSPS) is 10.1. The maximum absolute atomic E-state index is 11.9. The molecule has 0 aliphatic rings. The van der Waals surface area contributed by atoms with Crippen molar-refractivity contribution in [3.05, 3.63) is 46.7 Å². The average molecular weight is 263 g/mol. The maximum atomic E-state index is 11.9. The third-order valence-corrected chi connectivity index (χ3v) is 2.42. The van der Waals surface area contributed by atoms with Crippen molar-refractivity contribution in [2.24, 2.45) is 0 Å². The van der Waals surface area contributed by atoms with E-state index in [1.54, 1.807) is 12.3 Å². The van der Waals surface area contributed by atoms with Gasteiger partial charge in [-0.1, -0.05) is 17.7 Å². The number of nitrogens with zero attached hydrogens (tertiary/aromatic N) is 2. The second kappa shape index (κ2) is 5.01. The van der Waals surface area contributed by atoms with Crippen LogP contribution >= 0.6 is 11.6 Å². The van der Waals surface area contributed by atoms with E-state index in [2.05, 4.69) is 15.3 Å². The smallest absolute Gasteiger partial charge is 0.257 e. The first-order valence-corrected chi connectivity index (χ1v) is 5.59. The molecule has 18 heavy (non-hydrogen) atoms. The number of anilines is 2. The zero-order valence-corrected chi connectivity index (χ0v) is 10.4. The lowest BCUT2D eigenvalue weighted by molar-refractivity contribution is 0.102. The Morgan fingerprint density at radius 1 is 1.39 bits per heavy atom. The predicted octanol–water partition coefficient (Wildman–Crippen LogP) is 2.27. The van der Waals surface area contributed by atoms with E-state index in [0.717, 1.165) is 5.56 Å². The quantitative estimate of drug-likeness (QED) is 0.814. The number of halogens is 1. The number of carbonyl (C=O) groups is 1.